The summed E-state index contributed by atoms with van der Waals surface area (Å²) in [5.41, 5.74) is 4.26. The van der Waals surface area contributed by atoms with Gasteiger partial charge in [0.05, 0.1) is 0 Å². The Balaban J connectivity index is 2.40. The summed E-state index contributed by atoms with van der Waals surface area (Å²) in [4.78, 5) is 0. The van der Waals surface area contributed by atoms with Crippen LogP contribution in [0.1, 0.15) is 35.3 Å². The zero-order valence-electron chi connectivity index (χ0n) is 10.7. The fourth-order valence-corrected chi connectivity index (χ4v) is 2.45. The Labute approximate surface area is 117 Å². The molecule has 1 atom stereocenters. The van der Waals surface area contributed by atoms with Gasteiger partial charge in [0.15, 0.2) is 0 Å². The third kappa shape index (κ3) is 2.82. The van der Waals surface area contributed by atoms with Crippen molar-refractivity contribution < 1.29 is 5.11 Å². The standard InChI is InChI=1S/C16H17BrO/c1-3-12-5-4-6-13(9-12)16(18)15-10-14(17)8-7-11(15)2/h4-10,16,18H,3H2,1-2H3. The van der Waals surface area contributed by atoms with Crippen LogP contribution < -0.4 is 0 Å². The minimum atomic E-state index is -0.561. The molecule has 2 aromatic carbocycles. The van der Waals surface area contributed by atoms with Crippen LogP contribution in [-0.2, 0) is 6.42 Å². The van der Waals surface area contributed by atoms with Gasteiger partial charge in [-0.3, -0.25) is 0 Å². The van der Waals surface area contributed by atoms with E-state index < -0.39 is 6.10 Å². The lowest BCUT2D eigenvalue weighted by Gasteiger charge is -2.15. The van der Waals surface area contributed by atoms with Crippen molar-refractivity contribution in [1.29, 1.82) is 0 Å². The number of aliphatic hydroxyl groups is 1. The first kappa shape index (κ1) is 13.3. The fourth-order valence-electron chi connectivity index (χ4n) is 2.07. The topological polar surface area (TPSA) is 20.2 Å². The van der Waals surface area contributed by atoms with Crippen LogP contribution in [0.25, 0.3) is 0 Å². The Morgan fingerprint density at radius 2 is 1.94 bits per heavy atom. The first-order chi connectivity index (χ1) is 8.61. The molecule has 0 fully saturated rings. The van der Waals surface area contributed by atoms with Gasteiger partial charge in [0.25, 0.3) is 0 Å². The third-order valence-corrected chi connectivity index (χ3v) is 3.70. The van der Waals surface area contributed by atoms with Crippen LogP contribution in [0, 0.1) is 6.92 Å². The fraction of sp³-hybridized carbons (Fsp3) is 0.250. The predicted molar refractivity (Wildman–Crippen MR) is 78.8 cm³/mol. The Kier molecular flexibility index (Phi) is 4.20. The van der Waals surface area contributed by atoms with E-state index in [2.05, 4.69) is 35.0 Å². The molecule has 18 heavy (non-hydrogen) atoms. The molecule has 1 unspecified atom stereocenters. The Morgan fingerprint density at radius 3 is 2.67 bits per heavy atom. The van der Waals surface area contributed by atoms with E-state index in [0.29, 0.717) is 0 Å². The van der Waals surface area contributed by atoms with E-state index in [0.717, 1.165) is 27.6 Å². The predicted octanol–water partition coefficient (Wildman–Crippen LogP) is 4.40. The van der Waals surface area contributed by atoms with Crippen molar-refractivity contribution in [1.82, 2.24) is 0 Å². The minimum Gasteiger partial charge on any atom is -0.384 e. The van der Waals surface area contributed by atoms with Crippen LogP contribution in [-0.4, -0.2) is 5.11 Å². The summed E-state index contributed by atoms with van der Waals surface area (Å²) in [6, 6.07) is 14.1. The van der Waals surface area contributed by atoms with Gasteiger partial charge in [0, 0.05) is 4.47 Å². The van der Waals surface area contributed by atoms with Crippen molar-refractivity contribution in [3.8, 4) is 0 Å². The van der Waals surface area contributed by atoms with Gasteiger partial charge in [-0.15, -0.1) is 0 Å². The van der Waals surface area contributed by atoms with E-state index in [9.17, 15) is 5.11 Å². The van der Waals surface area contributed by atoms with Crippen molar-refractivity contribution in [3.05, 3.63) is 69.2 Å². The highest BCUT2D eigenvalue weighted by molar-refractivity contribution is 9.10. The van der Waals surface area contributed by atoms with Gasteiger partial charge in [-0.25, -0.2) is 0 Å². The van der Waals surface area contributed by atoms with Gasteiger partial charge in [-0.05, 0) is 47.7 Å². The summed E-state index contributed by atoms with van der Waals surface area (Å²) in [5, 5.41) is 10.5. The molecule has 0 spiro atoms. The number of benzene rings is 2. The summed E-state index contributed by atoms with van der Waals surface area (Å²) in [5.74, 6) is 0. The molecule has 2 heteroatoms. The summed E-state index contributed by atoms with van der Waals surface area (Å²) >= 11 is 3.45. The second-order valence-electron chi connectivity index (χ2n) is 4.50. The van der Waals surface area contributed by atoms with E-state index in [-0.39, 0.29) is 0 Å². The molecule has 1 nitrogen and oxygen atoms in total. The average molecular weight is 305 g/mol. The molecule has 1 N–H and O–H groups in total. The molecule has 0 aliphatic rings. The van der Waals surface area contributed by atoms with Crippen molar-refractivity contribution >= 4 is 15.9 Å². The van der Waals surface area contributed by atoms with E-state index in [1.165, 1.54) is 5.56 Å². The third-order valence-electron chi connectivity index (χ3n) is 3.21. The van der Waals surface area contributed by atoms with Crippen LogP contribution >= 0.6 is 15.9 Å². The van der Waals surface area contributed by atoms with Crippen molar-refractivity contribution in [3.63, 3.8) is 0 Å². The molecule has 94 valence electrons. The van der Waals surface area contributed by atoms with Gasteiger partial charge < -0.3 is 5.11 Å². The second-order valence-corrected chi connectivity index (χ2v) is 5.42. The Hall–Kier alpha value is -1.12. The van der Waals surface area contributed by atoms with Gasteiger partial charge >= 0.3 is 0 Å². The second kappa shape index (κ2) is 5.68. The largest absolute Gasteiger partial charge is 0.384 e. The highest BCUT2D eigenvalue weighted by Gasteiger charge is 2.13. The zero-order valence-corrected chi connectivity index (χ0v) is 12.2. The SMILES string of the molecule is CCc1cccc(C(O)c2cc(Br)ccc2C)c1. The quantitative estimate of drug-likeness (QED) is 0.891. The Bertz CT molecular complexity index is 549. The van der Waals surface area contributed by atoms with E-state index in [4.69, 9.17) is 0 Å². The van der Waals surface area contributed by atoms with Gasteiger partial charge in [0.2, 0.25) is 0 Å². The van der Waals surface area contributed by atoms with Crippen LogP contribution in [0.15, 0.2) is 46.9 Å². The van der Waals surface area contributed by atoms with E-state index in [1.807, 2.05) is 37.3 Å². The molecule has 0 aliphatic heterocycles. The number of aliphatic hydroxyl groups excluding tert-OH is 1. The maximum atomic E-state index is 10.5. The highest BCUT2D eigenvalue weighted by Crippen LogP contribution is 2.27. The van der Waals surface area contributed by atoms with Crippen LogP contribution in [0.3, 0.4) is 0 Å². The van der Waals surface area contributed by atoms with Gasteiger partial charge in [-0.2, -0.15) is 0 Å². The van der Waals surface area contributed by atoms with Crippen molar-refractivity contribution in [2.24, 2.45) is 0 Å². The van der Waals surface area contributed by atoms with E-state index >= 15 is 0 Å². The molecule has 2 aromatic rings. The lowest BCUT2D eigenvalue weighted by molar-refractivity contribution is 0.219. The molecule has 0 bridgehead atoms. The number of hydrogen-bond donors (Lipinski definition) is 1. The number of aryl methyl sites for hydroxylation is 2. The number of halogens is 1. The first-order valence-electron chi connectivity index (χ1n) is 6.14. The molecular weight excluding hydrogens is 288 g/mol. The molecule has 0 aliphatic carbocycles. The number of hydrogen-bond acceptors (Lipinski definition) is 1. The molecule has 0 heterocycles. The maximum absolute atomic E-state index is 10.5. The van der Waals surface area contributed by atoms with Gasteiger partial charge in [0.1, 0.15) is 6.10 Å². The van der Waals surface area contributed by atoms with Crippen LogP contribution in [0.4, 0.5) is 0 Å². The summed E-state index contributed by atoms with van der Waals surface area (Å²) in [6.45, 7) is 4.14. The lowest BCUT2D eigenvalue weighted by Crippen LogP contribution is -2.02. The van der Waals surface area contributed by atoms with Gasteiger partial charge in [-0.1, -0.05) is 53.2 Å². The van der Waals surface area contributed by atoms with Crippen molar-refractivity contribution in [2.75, 3.05) is 0 Å². The minimum absolute atomic E-state index is 0.561. The lowest BCUT2D eigenvalue weighted by atomic mass is 9.96. The molecule has 2 rings (SSSR count). The molecule has 0 radical (unpaired) electrons. The Morgan fingerprint density at radius 1 is 1.17 bits per heavy atom. The maximum Gasteiger partial charge on any atom is 0.104 e. The smallest absolute Gasteiger partial charge is 0.104 e. The van der Waals surface area contributed by atoms with Crippen LogP contribution in [0.5, 0.6) is 0 Å². The molecule has 0 amide bonds. The summed E-state index contributed by atoms with van der Waals surface area (Å²) in [7, 11) is 0. The monoisotopic (exact) mass is 304 g/mol. The van der Waals surface area contributed by atoms with Crippen LogP contribution in [0.2, 0.25) is 0 Å². The number of rotatable bonds is 3. The zero-order chi connectivity index (χ0) is 13.1. The molecule has 0 saturated heterocycles. The molecule has 0 aromatic heterocycles. The average Bonchev–Trinajstić information content (AvgIpc) is 2.41. The summed E-state index contributed by atoms with van der Waals surface area (Å²) in [6.07, 6.45) is 0.423. The highest BCUT2D eigenvalue weighted by atomic mass is 79.9. The molecular formula is C16H17BrO. The molecule has 0 saturated carbocycles. The summed E-state index contributed by atoms with van der Waals surface area (Å²) < 4.78 is 0.994. The first-order valence-corrected chi connectivity index (χ1v) is 6.94. The normalized spacial score (nSPS) is 12.4. The van der Waals surface area contributed by atoms with Crippen molar-refractivity contribution in [2.45, 2.75) is 26.4 Å². The van der Waals surface area contributed by atoms with E-state index in [1.54, 1.807) is 0 Å².